The Hall–Kier alpha value is -2.41. The van der Waals surface area contributed by atoms with E-state index in [1.165, 1.54) is 0 Å². The van der Waals surface area contributed by atoms with E-state index in [-0.39, 0.29) is 6.54 Å². The number of carbonyl (C=O) groups is 1. The molecule has 0 atom stereocenters. The molecule has 0 spiro atoms. The Labute approximate surface area is 118 Å². The molecule has 0 unspecified atom stereocenters. The van der Waals surface area contributed by atoms with Crippen LogP contribution in [0, 0.1) is 11.8 Å². The van der Waals surface area contributed by atoms with Gasteiger partial charge >= 0.3 is 6.09 Å². The number of nitrogens with one attached hydrogen (secondary N) is 2. The maximum atomic E-state index is 11.4. The van der Waals surface area contributed by atoms with E-state index in [0.29, 0.717) is 0 Å². The highest BCUT2D eigenvalue weighted by Crippen LogP contribution is 2.13. The van der Waals surface area contributed by atoms with Crippen LogP contribution < -0.4 is 5.32 Å². The minimum atomic E-state index is -0.489. The summed E-state index contributed by atoms with van der Waals surface area (Å²) < 4.78 is 5.12. The van der Waals surface area contributed by atoms with Gasteiger partial charge in [0, 0.05) is 22.7 Å². The van der Waals surface area contributed by atoms with E-state index in [0.717, 1.165) is 16.5 Å². The normalized spacial score (nSPS) is 10.8. The van der Waals surface area contributed by atoms with E-state index >= 15 is 0 Å². The molecule has 0 radical (unpaired) electrons. The van der Waals surface area contributed by atoms with Crippen molar-refractivity contribution in [3.63, 3.8) is 0 Å². The molecule has 0 saturated carbocycles. The summed E-state index contributed by atoms with van der Waals surface area (Å²) in [6, 6.07) is 7.94. The number of hydrogen-bond acceptors (Lipinski definition) is 2. The lowest BCUT2D eigenvalue weighted by Gasteiger charge is -2.18. The summed E-state index contributed by atoms with van der Waals surface area (Å²) in [6.45, 7) is 5.74. The van der Waals surface area contributed by atoms with Crippen LogP contribution in [-0.4, -0.2) is 23.2 Å². The fourth-order valence-electron chi connectivity index (χ4n) is 1.71. The van der Waals surface area contributed by atoms with Gasteiger partial charge in [-0.05, 0) is 45.0 Å². The predicted octanol–water partition coefficient (Wildman–Crippen LogP) is 3.04. The molecule has 1 aromatic heterocycles. The molecule has 0 saturated heterocycles. The summed E-state index contributed by atoms with van der Waals surface area (Å²) in [4.78, 5) is 14.5. The highest BCUT2D eigenvalue weighted by atomic mass is 16.6. The molecule has 20 heavy (non-hydrogen) atoms. The zero-order valence-corrected chi connectivity index (χ0v) is 11.9. The van der Waals surface area contributed by atoms with Crippen LogP contribution in [0.1, 0.15) is 26.3 Å². The lowest BCUT2D eigenvalue weighted by molar-refractivity contribution is 0.0535. The summed E-state index contributed by atoms with van der Waals surface area (Å²) in [5.41, 5.74) is 1.52. The zero-order chi connectivity index (χ0) is 14.6. The number of hydrogen-bond donors (Lipinski definition) is 2. The third kappa shape index (κ3) is 4.06. The Kier molecular flexibility index (Phi) is 3.99. The summed E-state index contributed by atoms with van der Waals surface area (Å²) in [5, 5.41) is 3.72. The first-order chi connectivity index (χ1) is 9.44. The second kappa shape index (κ2) is 5.70. The molecule has 4 nitrogen and oxygen atoms in total. The average molecular weight is 270 g/mol. The van der Waals surface area contributed by atoms with E-state index in [1.54, 1.807) is 0 Å². The van der Waals surface area contributed by atoms with Gasteiger partial charge in [-0.15, -0.1) is 0 Å². The van der Waals surface area contributed by atoms with Crippen molar-refractivity contribution in [1.29, 1.82) is 0 Å². The van der Waals surface area contributed by atoms with Crippen molar-refractivity contribution in [1.82, 2.24) is 10.3 Å². The number of fused-ring (bicyclic) bond motifs is 1. The van der Waals surface area contributed by atoms with Crippen molar-refractivity contribution in [2.45, 2.75) is 26.4 Å². The Morgan fingerprint density at radius 1 is 1.35 bits per heavy atom. The molecule has 4 heteroatoms. The van der Waals surface area contributed by atoms with E-state index < -0.39 is 11.7 Å². The van der Waals surface area contributed by atoms with Crippen molar-refractivity contribution < 1.29 is 9.53 Å². The van der Waals surface area contributed by atoms with E-state index in [4.69, 9.17) is 4.74 Å². The maximum Gasteiger partial charge on any atom is 0.408 e. The molecule has 2 N–H and O–H groups in total. The number of ether oxygens (including phenoxy) is 1. The largest absolute Gasteiger partial charge is 0.444 e. The van der Waals surface area contributed by atoms with Crippen LogP contribution >= 0.6 is 0 Å². The maximum absolute atomic E-state index is 11.4. The van der Waals surface area contributed by atoms with Gasteiger partial charge in [-0.25, -0.2) is 4.79 Å². The average Bonchev–Trinajstić information content (AvgIpc) is 2.79. The second-order valence-corrected chi connectivity index (χ2v) is 5.44. The Morgan fingerprint density at radius 3 is 2.90 bits per heavy atom. The van der Waals surface area contributed by atoms with Crippen LogP contribution in [0.3, 0.4) is 0 Å². The van der Waals surface area contributed by atoms with Gasteiger partial charge in [-0.3, -0.25) is 0 Å². The van der Waals surface area contributed by atoms with Gasteiger partial charge in [-0.2, -0.15) is 0 Å². The first kappa shape index (κ1) is 14.0. The van der Waals surface area contributed by atoms with Crippen molar-refractivity contribution in [3.8, 4) is 11.8 Å². The molecule has 0 aliphatic carbocycles. The molecule has 0 bridgehead atoms. The van der Waals surface area contributed by atoms with Crippen LogP contribution in [-0.2, 0) is 4.74 Å². The molecule has 1 aromatic carbocycles. The van der Waals surface area contributed by atoms with Crippen LogP contribution in [0.5, 0.6) is 0 Å². The lowest BCUT2D eigenvalue weighted by Crippen LogP contribution is -2.32. The number of aromatic amines is 1. The van der Waals surface area contributed by atoms with Gasteiger partial charge in [-0.1, -0.05) is 11.8 Å². The molecule has 0 aliphatic rings. The number of rotatable bonds is 1. The number of aromatic nitrogens is 1. The number of carbonyl (C=O) groups excluding carboxylic acids is 1. The van der Waals surface area contributed by atoms with E-state index in [1.807, 2.05) is 51.2 Å². The fourth-order valence-corrected chi connectivity index (χ4v) is 1.71. The van der Waals surface area contributed by atoms with Crippen molar-refractivity contribution in [3.05, 3.63) is 36.0 Å². The third-order valence-corrected chi connectivity index (χ3v) is 2.51. The molecule has 1 heterocycles. The van der Waals surface area contributed by atoms with Crippen molar-refractivity contribution in [2.75, 3.05) is 6.54 Å². The summed E-state index contributed by atoms with van der Waals surface area (Å²) in [7, 11) is 0. The van der Waals surface area contributed by atoms with Gasteiger partial charge in [0.15, 0.2) is 0 Å². The van der Waals surface area contributed by atoms with Gasteiger partial charge < -0.3 is 15.0 Å². The standard InChI is InChI=1S/C16H18N2O2/c1-16(2,3)20-15(19)18-9-4-5-12-6-7-14-13(11-12)8-10-17-14/h6-8,10-11,17H,9H2,1-3H3,(H,18,19). The number of amides is 1. The van der Waals surface area contributed by atoms with Gasteiger partial charge in [0.1, 0.15) is 5.60 Å². The van der Waals surface area contributed by atoms with Crippen molar-refractivity contribution in [2.24, 2.45) is 0 Å². The molecule has 104 valence electrons. The monoisotopic (exact) mass is 270 g/mol. The summed E-state index contributed by atoms with van der Waals surface area (Å²) in [5.74, 6) is 5.91. The van der Waals surface area contributed by atoms with Crippen LogP contribution in [0.4, 0.5) is 4.79 Å². The van der Waals surface area contributed by atoms with E-state index in [9.17, 15) is 4.79 Å². The molecule has 0 aliphatic heterocycles. The molecule has 0 fully saturated rings. The smallest absolute Gasteiger partial charge is 0.408 e. The first-order valence-electron chi connectivity index (χ1n) is 6.47. The Balaban J connectivity index is 1.89. The molecular formula is C16H18N2O2. The second-order valence-electron chi connectivity index (χ2n) is 5.44. The lowest BCUT2D eigenvalue weighted by atomic mass is 10.1. The Bertz CT molecular complexity index is 669. The third-order valence-electron chi connectivity index (χ3n) is 2.51. The number of benzene rings is 1. The highest BCUT2D eigenvalue weighted by Gasteiger charge is 2.14. The summed E-state index contributed by atoms with van der Waals surface area (Å²) >= 11 is 0. The molecule has 1 amide bonds. The van der Waals surface area contributed by atoms with Crippen molar-refractivity contribution >= 4 is 17.0 Å². The van der Waals surface area contributed by atoms with Gasteiger partial charge in [0.2, 0.25) is 0 Å². The summed E-state index contributed by atoms with van der Waals surface area (Å²) in [6.07, 6.45) is 1.44. The van der Waals surface area contributed by atoms with Gasteiger partial charge in [0.05, 0.1) is 6.54 Å². The predicted molar refractivity (Wildman–Crippen MR) is 79.4 cm³/mol. The fraction of sp³-hybridized carbons (Fsp3) is 0.312. The van der Waals surface area contributed by atoms with Crippen LogP contribution in [0.15, 0.2) is 30.5 Å². The highest BCUT2D eigenvalue weighted by molar-refractivity contribution is 5.80. The van der Waals surface area contributed by atoms with E-state index in [2.05, 4.69) is 22.1 Å². The Morgan fingerprint density at radius 2 is 2.15 bits per heavy atom. The van der Waals surface area contributed by atoms with Crippen LogP contribution in [0.25, 0.3) is 10.9 Å². The number of H-pyrrole nitrogens is 1. The minimum Gasteiger partial charge on any atom is -0.444 e. The number of alkyl carbamates (subject to hydrolysis) is 1. The first-order valence-corrected chi connectivity index (χ1v) is 6.47. The topological polar surface area (TPSA) is 54.1 Å². The minimum absolute atomic E-state index is 0.264. The molecule has 2 rings (SSSR count). The SMILES string of the molecule is CC(C)(C)OC(=O)NCC#Cc1ccc2[nH]ccc2c1. The quantitative estimate of drug-likeness (QED) is 0.782. The molecule has 2 aromatic rings. The van der Waals surface area contributed by atoms with Gasteiger partial charge in [0.25, 0.3) is 0 Å². The zero-order valence-electron chi connectivity index (χ0n) is 11.9. The van der Waals surface area contributed by atoms with Crippen LogP contribution in [0.2, 0.25) is 0 Å². The molecular weight excluding hydrogens is 252 g/mol.